The molecule has 0 amide bonds. The third-order valence-corrected chi connectivity index (χ3v) is 7.47. The highest BCUT2D eigenvalue weighted by Crippen LogP contribution is 2.61. The monoisotopic (exact) mass is 274 g/mol. The maximum atomic E-state index is 12.3. The van der Waals surface area contributed by atoms with Crippen molar-refractivity contribution in [2.75, 3.05) is 0 Å². The zero-order chi connectivity index (χ0) is 13.9. The summed E-state index contributed by atoms with van der Waals surface area (Å²) >= 11 is 0. The van der Waals surface area contributed by atoms with Crippen molar-refractivity contribution in [1.29, 1.82) is 0 Å². The summed E-state index contributed by atoms with van der Waals surface area (Å²) in [5.41, 5.74) is 0.0124. The number of fused-ring (bicyclic) bond motifs is 5. The van der Waals surface area contributed by atoms with Gasteiger partial charge < -0.3 is 0 Å². The molecular formula is C18H26O2. The van der Waals surface area contributed by atoms with E-state index < -0.39 is 0 Å². The molecule has 2 nitrogen and oxygen atoms in total. The second kappa shape index (κ2) is 4.42. The summed E-state index contributed by atoms with van der Waals surface area (Å²) < 4.78 is 0. The fraction of sp³-hybridized carbons (Fsp3) is 0.889. The van der Waals surface area contributed by atoms with Gasteiger partial charge in [0.05, 0.1) is 0 Å². The van der Waals surface area contributed by atoms with Crippen LogP contribution >= 0.6 is 0 Å². The van der Waals surface area contributed by atoms with Crippen molar-refractivity contribution in [2.24, 2.45) is 35.0 Å². The molecule has 0 aromatic carbocycles. The fourth-order valence-corrected chi connectivity index (χ4v) is 6.43. The molecule has 0 N–H and O–H groups in total. The summed E-state index contributed by atoms with van der Waals surface area (Å²) in [6.45, 7) is 2.25. The lowest BCUT2D eigenvalue weighted by Crippen LogP contribution is -2.48. The summed E-state index contributed by atoms with van der Waals surface area (Å²) in [6.07, 6.45) is 9.70. The van der Waals surface area contributed by atoms with E-state index in [9.17, 15) is 9.59 Å². The predicted octanol–water partition coefficient (Wildman–Crippen LogP) is 3.78. The third kappa shape index (κ3) is 1.69. The highest BCUT2D eigenvalue weighted by atomic mass is 16.1. The van der Waals surface area contributed by atoms with Gasteiger partial charge >= 0.3 is 0 Å². The SMILES string of the molecule is C[C@]12CC[C@@H]3C4CCC(=O)CC4CC[C@H]3[C@@H]1CCC2=O. The van der Waals surface area contributed by atoms with Gasteiger partial charge in [-0.3, -0.25) is 9.59 Å². The third-order valence-electron chi connectivity index (χ3n) is 7.47. The van der Waals surface area contributed by atoms with Crippen LogP contribution in [0.25, 0.3) is 0 Å². The molecule has 20 heavy (non-hydrogen) atoms. The summed E-state index contributed by atoms with van der Waals surface area (Å²) in [5.74, 6) is 4.79. The number of hydrogen-bond acceptors (Lipinski definition) is 2. The summed E-state index contributed by atoms with van der Waals surface area (Å²) in [5, 5.41) is 0. The van der Waals surface area contributed by atoms with E-state index in [4.69, 9.17) is 0 Å². The summed E-state index contributed by atoms with van der Waals surface area (Å²) in [6, 6.07) is 0. The van der Waals surface area contributed by atoms with Crippen molar-refractivity contribution in [3.05, 3.63) is 0 Å². The van der Waals surface area contributed by atoms with Gasteiger partial charge in [-0.1, -0.05) is 6.92 Å². The van der Waals surface area contributed by atoms with E-state index in [0.717, 1.165) is 56.3 Å². The smallest absolute Gasteiger partial charge is 0.139 e. The average molecular weight is 274 g/mol. The first kappa shape index (κ1) is 13.0. The van der Waals surface area contributed by atoms with Crippen LogP contribution in [0.1, 0.15) is 64.7 Å². The number of ketones is 2. The lowest BCUT2D eigenvalue weighted by Gasteiger charge is -2.53. The van der Waals surface area contributed by atoms with Crippen molar-refractivity contribution < 1.29 is 9.59 Å². The van der Waals surface area contributed by atoms with Gasteiger partial charge in [0.1, 0.15) is 11.6 Å². The number of hydrogen-bond donors (Lipinski definition) is 0. The lowest BCUT2D eigenvalue weighted by molar-refractivity contribution is -0.134. The number of rotatable bonds is 0. The molecule has 0 spiro atoms. The van der Waals surface area contributed by atoms with Gasteiger partial charge in [0.15, 0.2) is 0 Å². The van der Waals surface area contributed by atoms with Crippen LogP contribution in [0.4, 0.5) is 0 Å². The number of carbonyl (C=O) groups excluding carboxylic acids is 2. The molecule has 4 fully saturated rings. The van der Waals surface area contributed by atoms with Crippen LogP contribution < -0.4 is 0 Å². The Balaban J connectivity index is 1.59. The highest BCUT2D eigenvalue weighted by Gasteiger charge is 2.56. The molecule has 4 rings (SSSR count). The number of carbonyl (C=O) groups is 2. The van der Waals surface area contributed by atoms with E-state index >= 15 is 0 Å². The van der Waals surface area contributed by atoms with Gasteiger partial charge in [-0.15, -0.1) is 0 Å². The Hall–Kier alpha value is -0.660. The van der Waals surface area contributed by atoms with E-state index in [0.29, 0.717) is 23.4 Å². The van der Waals surface area contributed by atoms with Crippen LogP contribution in [0.15, 0.2) is 0 Å². The average Bonchev–Trinajstić information content (AvgIpc) is 2.74. The standard InChI is InChI=1S/C18H26O2/c1-18-9-8-14-13-5-3-12(19)10-11(13)2-4-15(14)16(18)6-7-17(18)20/h11,13-16H,2-10H2,1H3/t11?,13?,14-,15-,16+,18+/m1/s1. The first-order chi connectivity index (χ1) is 9.59. The Labute approximate surface area is 121 Å². The minimum Gasteiger partial charge on any atom is -0.300 e. The van der Waals surface area contributed by atoms with Crippen molar-refractivity contribution in [3.63, 3.8) is 0 Å². The topological polar surface area (TPSA) is 34.1 Å². The molecule has 0 bridgehead atoms. The van der Waals surface area contributed by atoms with Gasteiger partial charge in [0, 0.05) is 24.7 Å². The van der Waals surface area contributed by atoms with Crippen molar-refractivity contribution in [2.45, 2.75) is 64.7 Å². The first-order valence-corrected chi connectivity index (χ1v) is 8.64. The van der Waals surface area contributed by atoms with Crippen molar-refractivity contribution in [3.8, 4) is 0 Å². The molecule has 110 valence electrons. The van der Waals surface area contributed by atoms with Crippen LogP contribution in [0.2, 0.25) is 0 Å². The lowest BCUT2D eigenvalue weighted by atomic mass is 9.50. The van der Waals surface area contributed by atoms with Crippen molar-refractivity contribution >= 4 is 11.6 Å². The Kier molecular flexibility index (Phi) is 2.88. The van der Waals surface area contributed by atoms with Gasteiger partial charge in [0.2, 0.25) is 0 Å². The molecule has 0 aromatic heterocycles. The zero-order valence-corrected chi connectivity index (χ0v) is 12.6. The highest BCUT2D eigenvalue weighted by molar-refractivity contribution is 5.87. The Bertz CT molecular complexity index is 454. The molecule has 0 aliphatic heterocycles. The molecule has 4 aliphatic rings. The Morgan fingerprint density at radius 2 is 1.75 bits per heavy atom. The Morgan fingerprint density at radius 3 is 2.60 bits per heavy atom. The molecule has 0 saturated heterocycles. The molecule has 4 saturated carbocycles. The van der Waals surface area contributed by atoms with Gasteiger partial charge in [-0.2, -0.15) is 0 Å². The summed E-state index contributed by atoms with van der Waals surface area (Å²) in [7, 11) is 0. The normalized spacial score (nSPS) is 51.4. The molecule has 4 aliphatic carbocycles. The minimum absolute atomic E-state index is 0.0124. The molecule has 0 radical (unpaired) electrons. The first-order valence-electron chi connectivity index (χ1n) is 8.64. The van der Waals surface area contributed by atoms with Gasteiger partial charge in [-0.05, 0) is 68.1 Å². The van der Waals surface area contributed by atoms with E-state index in [1.54, 1.807) is 0 Å². The van der Waals surface area contributed by atoms with Crippen LogP contribution in [-0.2, 0) is 9.59 Å². The van der Waals surface area contributed by atoms with E-state index in [1.807, 2.05) is 0 Å². The second-order valence-electron chi connectivity index (χ2n) is 8.13. The fourth-order valence-electron chi connectivity index (χ4n) is 6.43. The van der Waals surface area contributed by atoms with Crippen LogP contribution in [0.5, 0.6) is 0 Å². The van der Waals surface area contributed by atoms with E-state index in [2.05, 4.69) is 6.92 Å². The second-order valence-corrected chi connectivity index (χ2v) is 8.13. The quantitative estimate of drug-likeness (QED) is 0.673. The predicted molar refractivity (Wildman–Crippen MR) is 77.1 cm³/mol. The van der Waals surface area contributed by atoms with Gasteiger partial charge in [-0.25, -0.2) is 0 Å². The largest absolute Gasteiger partial charge is 0.300 e. The van der Waals surface area contributed by atoms with Crippen LogP contribution in [-0.4, -0.2) is 11.6 Å². The van der Waals surface area contributed by atoms with E-state index in [1.165, 1.54) is 19.3 Å². The zero-order valence-electron chi connectivity index (χ0n) is 12.6. The molecule has 2 heteroatoms. The molecule has 2 unspecified atom stereocenters. The van der Waals surface area contributed by atoms with Crippen molar-refractivity contribution in [1.82, 2.24) is 0 Å². The maximum Gasteiger partial charge on any atom is 0.139 e. The van der Waals surface area contributed by atoms with Crippen LogP contribution in [0.3, 0.4) is 0 Å². The molecule has 6 atom stereocenters. The van der Waals surface area contributed by atoms with Crippen LogP contribution in [0, 0.1) is 35.0 Å². The van der Waals surface area contributed by atoms with E-state index in [-0.39, 0.29) is 5.41 Å². The number of Topliss-reactive ketones (excluding diaryl/α,β-unsaturated/α-hetero) is 2. The Morgan fingerprint density at radius 1 is 0.900 bits per heavy atom. The summed E-state index contributed by atoms with van der Waals surface area (Å²) in [4.78, 5) is 24.0. The molecular weight excluding hydrogens is 248 g/mol. The minimum atomic E-state index is 0.0124. The molecule has 0 aromatic rings. The molecule has 0 heterocycles. The van der Waals surface area contributed by atoms with Gasteiger partial charge in [0.25, 0.3) is 0 Å². The maximum absolute atomic E-state index is 12.3.